The second-order valence-electron chi connectivity index (χ2n) is 7.04. The average Bonchev–Trinajstić information content (AvgIpc) is 3.38. The van der Waals surface area contributed by atoms with E-state index in [1.807, 2.05) is 43.3 Å². The normalized spacial score (nSPS) is 16.8. The van der Waals surface area contributed by atoms with Gasteiger partial charge >= 0.3 is 0 Å². The number of carbonyl (C=O) groups is 1. The number of rotatable bonds is 5. The molecule has 1 amide bonds. The van der Waals surface area contributed by atoms with E-state index in [1.165, 1.54) is 11.3 Å². The Bertz CT molecular complexity index is 947. The van der Waals surface area contributed by atoms with Gasteiger partial charge in [0.2, 0.25) is 0 Å². The molecule has 0 bridgehead atoms. The van der Waals surface area contributed by atoms with Gasteiger partial charge in [-0.3, -0.25) is 9.89 Å². The first-order valence-corrected chi connectivity index (χ1v) is 10.3. The molecule has 1 aromatic carbocycles. The van der Waals surface area contributed by atoms with Gasteiger partial charge in [-0.2, -0.15) is 5.10 Å². The maximum Gasteiger partial charge on any atom is 0.261 e. The average molecular weight is 397 g/mol. The number of aryl methyl sites for hydroxylation is 1. The molecular weight excluding hydrogens is 372 g/mol. The molecule has 3 aromatic rings. The topological polar surface area (TPSA) is 70.2 Å². The zero-order chi connectivity index (χ0) is 19.5. The number of hydrogen-bond acceptors (Lipinski definition) is 5. The molecule has 0 unspecified atom stereocenters. The second-order valence-corrected chi connectivity index (χ2v) is 8.33. The number of piperidine rings is 1. The molecule has 1 fully saturated rings. The molecule has 0 spiro atoms. The summed E-state index contributed by atoms with van der Waals surface area (Å²) < 4.78 is 5.21. The standard InChI is InChI=1S/C21H24N4O2S/c1-14-5-10-19(28-14)21(26)22-16-4-3-11-25(13-16)20-12-18(23-24-20)15-6-8-17(27-2)9-7-15/h5-10,12,16H,3-4,11,13H2,1-2H3,(H,22,26)(H,23,24)/t16-/m0/s1. The zero-order valence-electron chi connectivity index (χ0n) is 16.1. The van der Waals surface area contributed by atoms with Gasteiger partial charge in [0.15, 0.2) is 5.82 Å². The molecule has 1 aliphatic rings. The Morgan fingerprint density at radius 2 is 2.11 bits per heavy atom. The molecule has 0 radical (unpaired) electrons. The van der Waals surface area contributed by atoms with Crippen molar-refractivity contribution < 1.29 is 9.53 Å². The van der Waals surface area contributed by atoms with Gasteiger partial charge in [-0.15, -0.1) is 11.3 Å². The van der Waals surface area contributed by atoms with Crippen molar-refractivity contribution in [2.75, 3.05) is 25.1 Å². The highest BCUT2D eigenvalue weighted by molar-refractivity contribution is 7.13. The molecule has 146 valence electrons. The minimum Gasteiger partial charge on any atom is -0.497 e. The molecule has 7 heteroatoms. The van der Waals surface area contributed by atoms with Crippen molar-refractivity contribution in [3.8, 4) is 17.0 Å². The predicted molar refractivity (Wildman–Crippen MR) is 112 cm³/mol. The highest BCUT2D eigenvalue weighted by atomic mass is 32.1. The molecule has 1 atom stereocenters. The van der Waals surface area contributed by atoms with Crippen LogP contribution in [0, 0.1) is 6.92 Å². The van der Waals surface area contributed by atoms with Crippen molar-refractivity contribution >= 4 is 23.1 Å². The number of methoxy groups -OCH3 is 1. The van der Waals surface area contributed by atoms with Crippen LogP contribution in [0.25, 0.3) is 11.3 Å². The Balaban J connectivity index is 1.41. The Kier molecular flexibility index (Phi) is 5.34. The smallest absolute Gasteiger partial charge is 0.261 e. The first-order valence-electron chi connectivity index (χ1n) is 9.44. The highest BCUT2D eigenvalue weighted by Gasteiger charge is 2.24. The lowest BCUT2D eigenvalue weighted by atomic mass is 10.1. The number of thiophene rings is 1. The van der Waals surface area contributed by atoms with E-state index in [1.54, 1.807) is 7.11 Å². The van der Waals surface area contributed by atoms with E-state index in [2.05, 4.69) is 26.5 Å². The largest absolute Gasteiger partial charge is 0.497 e. The number of nitrogens with one attached hydrogen (secondary N) is 2. The summed E-state index contributed by atoms with van der Waals surface area (Å²) >= 11 is 1.53. The van der Waals surface area contributed by atoms with Crippen molar-refractivity contribution in [1.29, 1.82) is 0 Å². The van der Waals surface area contributed by atoms with E-state index >= 15 is 0 Å². The summed E-state index contributed by atoms with van der Waals surface area (Å²) in [6.45, 7) is 3.72. The lowest BCUT2D eigenvalue weighted by molar-refractivity contribution is 0.0937. The van der Waals surface area contributed by atoms with E-state index in [0.29, 0.717) is 0 Å². The molecule has 2 N–H and O–H groups in total. The molecule has 6 nitrogen and oxygen atoms in total. The molecule has 0 aliphatic carbocycles. The molecule has 1 saturated heterocycles. The van der Waals surface area contributed by atoms with Crippen LogP contribution in [-0.4, -0.2) is 42.3 Å². The van der Waals surface area contributed by atoms with E-state index in [4.69, 9.17) is 4.74 Å². The SMILES string of the molecule is COc1ccc(-c2cc(N3CCC[C@H](NC(=O)c4ccc(C)s4)C3)n[nH]2)cc1. The number of benzene rings is 1. The summed E-state index contributed by atoms with van der Waals surface area (Å²) in [5, 5.41) is 10.8. The first-order chi connectivity index (χ1) is 13.6. The number of nitrogens with zero attached hydrogens (tertiary/aromatic N) is 2. The maximum atomic E-state index is 12.5. The number of hydrogen-bond donors (Lipinski definition) is 2. The van der Waals surface area contributed by atoms with Gasteiger partial charge in [-0.25, -0.2) is 0 Å². The number of ether oxygens (including phenoxy) is 1. The van der Waals surface area contributed by atoms with Crippen molar-refractivity contribution in [2.24, 2.45) is 0 Å². The van der Waals surface area contributed by atoms with Crippen LogP contribution in [0.15, 0.2) is 42.5 Å². The predicted octanol–water partition coefficient (Wildman–Crippen LogP) is 3.85. The van der Waals surface area contributed by atoms with Gasteiger partial charge in [0.1, 0.15) is 5.75 Å². The summed E-state index contributed by atoms with van der Waals surface area (Å²) in [5.74, 6) is 1.77. The van der Waals surface area contributed by atoms with Crippen LogP contribution in [0.1, 0.15) is 27.4 Å². The number of H-pyrrole nitrogens is 1. The number of aromatic nitrogens is 2. The molecule has 4 rings (SSSR count). The van der Waals surface area contributed by atoms with E-state index < -0.39 is 0 Å². The number of carbonyl (C=O) groups excluding carboxylic acids is 1. The summed E-state index contributed by atoms with van der Waals surface area (Å²) in [7, 11) is 1.66. The van der Waals surface area contributed by atoms with Crippen molar-refractivity contribution in [3.63, 3.8) is 0 Å². The van der Waals surface area contributed by atoms with Crippen molar-refractivity contribution in [1.82, 2.24) is 15.5 Å². The Labute approximate surface area is 168 Å². The third kappa shape index (κ3) is 4.04. The van der Waals surface area contributed by atoms with Crippen LogP contribution in [0.2, 0.25) is 0 Å². The van der Waals surface area contributed by atoms with E-state index in [0.717, 1.165) is 58.5 Å². The number of amides is 1. The van der Waals surface area contributed by atoms with Crippen LogP contribution in [0.5, 0.6) is 5.75 Å². The minimum absolute atomic E-state index is 0.0194. The van der Waals surface area contributed by atoms with Gasteiger partial charge in [0.25, 0.3) is 5.91 Å². The Morgan fingerprint density at radius 3 is 2.82 bits per heavy atom. The number of aromatic amines is 1. The van der Waals surface area contributed by atoms with Crippen LogP contribution in [0.3, 0.4) is 0 Å². The van der Waals surface area contributed by atoms with Crippen LogP contribution in [-0.2, 0) is 0 Å². The quantitative estimate of drug-likeness (QED) is 0.687. The number of anilines is 1. The first kappa shape index (κ1) is 18.6. The van der Waals surface area contributed by atoms with E-state index in [9.17, 15) is 4.79 Å². The summed E-state index contributed by atoms with van der Waals surface area (Å²) in [4.78, 5) is 16.6. The van der Waals surface area contributed by atoms with Gasteiger partial charge in [-0.05, 0) is 61.7 Å². The van der Waals surface area contributed by atoms with Gasteiger partial charge in [-0.1, -0.05) is 0 Å². The summed E-state index contributed by atoms with van der Waals surface area (Å²) in [6, 6.07) is 14.0. The van der Waals surface area contributed by atoms with Crippen molar-refractivity contribution in [3.05, 3.63) is 52.2 Å². The van der Waals surface area contributed by atoms with Gasteiger partial charge in [0.05, 0.1) is 17.7 Å². The Hall–Kier alpha value is -2.80. The fraction of sp³-hybridized carbons (Fsp3) is 0.333. The van der Waals surface area contributed by atoms with Crippen LogP contribution in [0.4, 0.5) is 5.82 Å². The fourth-order valence-corrected chi connectivity index (χ4v) is 4.28. The van der Waals surface area contributed by atoms with Gasteiger partial charge < -0.3 is 15.0 Å². The molecule has 2 aromatic heterocycles. The lowest BCUT2D eigenvalue weighted by Gasteiger charge is -2.33. The molecule has 3 heterocycles. The third-order valence-corrected chi connectivity index (χ3v) is 6.01. The molecule has 28 heavy (non-hydrogen) atoms. The minimum atomic E-state index is 0.0194. The van der Waals surface area contributed by atoms with Gasteiger partial charge in [0, 0.05) is 30.1 Å². The fourth-order valence-electron chi connectivity index (χ4n) is 3.51. The Morgan fingerprint density at radius 1 is 1.29 bits per heavy atom. The highest BCUT2D eigenvalue weighted by Crippen LogP contribution is 2.26. The van der Waals surface area contributed by atoms with Crippen LogP contribution < -0.4 is 15.0 Å². The molecular formula is C21H24N4O2S. The maximum absolute atomic E-state index is 12.5. The van der Waals surface area contributed by atoms with Crippen molar-refractivity contribution in [2.45, 2.75) is 25.8 Å². The molecule has 0 saturated carbocycles. The lowest BCUT2D eigenvalue weighted by Crippen LogP contribution is -2.47. The van der Waals surface area contributed by atoms with Crippen LogP contribution >= 0.6 is 11.3 Å². The molecule has 1 aliphatic heterocycles. The monoisotopic (exact) mass is 396 g/mol. The second kappa shape index (κ2) is 8.06. The van der Waals surface area contributed by atoms with E-state index in [-0.39, 0.29) is 11.9 Å². The summed E-state index contributed by atoms with van der Waals surface area (Å²) in [6.07, 6.45) is 2.02. The third-order valence-electron chi connectivity index (χ3n) is 5.01. The summed E-state index contributed by atoms with van der Waals surface area (Å²) in [5.41, 5.74) is 2.03. The zero-order valence-corrected chi connectivity index (χ0v) is 16.9.